The van der Waals surface area contributed by atoms with Crippen molar-refractivity contribution >= 4 is 26.8 Å². The summed E-state index contributed by atoms with van der Waals surface area (Å²) in [5, 5.41) is 0. The van der Waals surface area contributed by atoms with E-state index in [0.29, 0.717) is 25.2 Å². The fourth-order valence-electron chi connectivity index (χ4n) is 12.5. The van der Waals surface area contributed by atoms with Crippen LogP contribution in [0, 0.1) is 56.7 Å². The largest absolute Gasteiger partial charge is 0.459 e. The molecule has 2 aliphatic heterocycles. The van der Waals surface area contributed by atoms with E-state index < -0.39 is 44.5 Å². The quantitative estimate of drug-likeness (QED) is 0.298. The van der Waals surface area contributed by atoms with Crippen LogP contribution in [-0.4, -0.2) is 50.2 Å². The van der Waals surface area contributed by atoms with Crippen LogP contribution in [0.2, 0.25) is 0 Å². The van der Waals surface area contributed by atoms with Crippen LogP contribution >= 0.6 is 0 Å². The summed E-state index contributed by atoms with van der Waals surface area (Å²) in [7, 11) is -9.59. The predicted molar refractivity (Wildman–Crippen MR) is 153 cm³/mol. The van der Waals surface area contributed by atoms with Gasteiger partial charge in [0, 0.05) is 5.41 Å². The lowest BCUT2D eigenvalue weighted by atomic mass is 9.30. The molecule has 10 nitrogen and oxygen atoms in total. The van der Waals surface area contributed by atoms with Gasteiger partial charge in [-0.25, -0.2) is 8.37 Å². The molecule has 12 heteroatoms. The van der Waals surface area contributed by atoms with Gasteiger partial charge in [-0.3, -0.25) is 13.9 Å². The Balaban J connectivity index is 1.37. The molecule has 2 N–H and O–H groups in total. The van der Waals surface area contributed by atoms with Crippen LogP contribution in [0.4, 0.5) is 0 Å². The molecule has 2 heterocycles. The molecule has 7 rings (SSSR count). The fraction of sp³-hybridized carbons (Fsp3) is 0.967. The first kappa shape index (κ1) is 31.2. The van der Waals surface area contributed by atoms with Crippen molar-refractivity contribution in [3.63, 3.8) is 0 Å². The van der Waals surface area contributed by atoms with Crippen molar-refractivity contribution in [2.45, 2.75) is 117 Å². The Bertz CT molecular complexity index is 1380. The molecular weight excluding hydrogens is 584 g/mol. The number of esters is 1. The highest BCUT2D eigenvalue weighted by atomic mass is 32.3. The smallest absolute Gasteiger partial charge is 0.397 e. The van der Waals surface area contributed by atoms with Gasteiger partial charge in [0.25, 0.3) is 0 Å². The zero-order chi connectivity index (χ0) is 30.9. The minimum Gasteiger partial charge on any atom is -0.459 e. The predicted octanol–water partition coefficient (Wildman–Crippen LogP) is 5.39. The van der Waals surface area contributed by atoms with Crippen LogP contribution in [0.3, 0.4) is 0 Å². The monoisotopic (exact) mass is 632 g/mol. The number of ether oxygens (including phenoxy) is 1. The molecule has 240 valence electrons. The second kappa shape index (κ2) is 9.15. The SMILES string of the molecule is C[C@H]1[C@@H]2[C@H]3CC[C@@H]4[C@@]5(C)CC[C@H](OS(=O)(=O)O)[C@@](C)(COS(=O)(=O)O)[C@@H]5CC[C@@]4(C)[C@]3(C)CC[C@@]23CC[C@@]1(C)OC3=O. The Morgan fingerprint density at radius 2 is 1.48 bits per heavy atom. The lowest BCUT2D eigenvalue weighted by Crippen LogP contribution is -2.72. The van der Waals surface area contributed by atoms with E-state index in [1.165, 1.54) is 0 Å². The lowest BCUT2D eigenvalue weighted by Gasteiger charge is -2.75. The molecule has 0 aromatic carbocycles. The molecular formula is C30H48O10S2. The van der Waals surface area contributed by atoms with E-state index in [1.54, 1.807) is 6.92 Å². The highest BCUT2D eigenvalue weighted by Gasteiger charge is 2.75. The Hall–Kier alpha value is -0.790. The maximum absolute atomic E-state index is 13.5. The minimum atomic E-state index is -4.80. The van der Waals surface area contributed by atoms with E-state index in [1.807, 2.05) is 0 Å². The summed E-state index contributed by atoms with van der Waals surface area (Å²) in [6.07, 6.45) is 7.14. The fourth-order valence-corrected chi connectivity index (χ4v) is 13.6. The Morgan fingerprint density at radius 3 is 2.10 bits per heavy atom. The number of carbonyl (C=O) groups excluding carboxylic acids is 1. The van der Waals surface area contributed by atoms with Gasteiger partial charge >= 0.3 is 26.8 Å². The third kappa shape index (κ3) is 4.10. The number of carbonyl (C=O) groups is 1. The van der Waals surface area contributed by atoms with Gasteiger partial charge in [-0.05, 0) is 117 Å². The van der Waals surface area contributed by atoms with Crippen LogP contribution in [0.25, 0.3) is 0 Å². The van der Waals surface area contributed by atoms with Gasteiger partial charge in [0.1, 0.15) is 5.60 Å². The summed E-state index contributed by atoms with van der Waals surface area (Å²) in [6, 6.07) is 0. The number of rotatable bonds is 5. The second-order valence-electron chi connectivity index (χ2n) is 16.1. The molecule has 0 amide bonds. The Morgan fingerprint density at radius 1 is 0.810 bits per heavy atom. The molecule has 0 unspecified atom stereocenters. The van der Waals surface area contributed by atoms with Crippen LogP contribution in [0.5, 0.6) is 0 Å². The standard InChI is InChI=1S/C30H48O10S2/c1-18-23-19-7-8-21-25(2)11-10-22(40-42(35,36)37)26(3,17-38-41(32,33)34)20(25)9-12-28(21,5)27(19,4)13-15-30(23)16-14-29(18,6)39-24(30)31/h18-23H,7-17H2,1-6H3,(H,32,33,34)(H,35,36,37)/t18-,19+,20+,21+,22-,23+,25-,26-,27+,28+,29+,30+/m0/s1. The Labute approximate surface area is 250 Å². The first-order valence-electron chi connectivity index (χ1n) is 15.7. The van der Waals surface area contributed by atoms with E-state index in [2.05, 4.69) is 34.6 Å². The summed E-state index contributed by atoms with van der Waals surface area (Å²) in [5.74, 6) is 1.08. The molecule has 0 aromatic rings. The van der Waals surface area contributed by atoms with Gasteiger partial charge in [0.2, 0.25) is 0 Å². The first-order valence-corrected chi connectivity index (χ1v) is 18.4. The summed E-state index contributed by atoms with van der Waals surface area (Å²) < 4.78 is 82.2. The third-order valence-electron chi connectivity index (χ3n) is 14.9. The van der Waals surface area contributed by atoms with Gasteiger partial charge in [-0.15, -0.1) is 0 Å². The summed E-state index contributed by atoms with van der Waals surface area (Å²) in [6.45, 7) is 12.9. The van der Waals surface area contributed by atoms with E-state index in [0.717, 1.165) is 44.9 Å². The molecule has 5 aliphatic carbocycles. The molecule has 7 fully saturated rings. The molecule has 0 radical (unpaired) electrons. The third-order valence-corrected chi connectivity index (χ3v) is 15.8. The molecule has 0 aromatic heterocycles. The molecule has 2 saturated heterocycles. The van der Waals surface area contributed by atoms with Crippen LogP contribution < -0.4 is 0 Å². The maximum Gasteiger partial charge on any atom is 0.397 e. The van der Waals surface area contributed by atoms with Crippen molar-refractivity contribution in [3.8, 4) is 0 Å². The van der Waals surface area contributed by atoms with Crippen molar-refractivity contribution in [1.29, 1.82) is 0 Å². The number of hydrogen-bond acceptors (Lipinski definition) is 8. The Kier molecular flexibility index (Phi) is 6.80. The number of fused-ring (bicyclic) bond motifs is 7. The van der Waals surface area contributed by atoms with E-state index in [-0.39, 0.29) is 51.3 Å². The zero-order valence-corrected chi connectivity index (χ0v) is 27.4. The van der Waals surface area contributed by atoms with Crippen LogP contribution in [0.1, 0.15) is 106 Å². The van der Waals surface area contributed by atoms with Crippen molar-refractivity contribution in [3.05, 3.63) is 0 Å². The van der Waals surface area contributed by atoms with Gasteiger partial charge < -0.3 is 4.74 Å². The highest BCUT2D eigenvalue weighted by Crippen LogP contribution is 2.78. The molecule has 7 aliphatic rings. The van der Waals surface area contributed by atoms with Gasteiger partial charge in [-0.2, -0.15) is 16.8 Å². The van der Waals surface area contributed by atoms with Crippen molar-refractivity contribution in [1.82, 2.24) is 0 Å². The van der Waals surface area contributed by atoms with Crippen molar-refractivity contribution < 1.29 is 43.8 Å². The molecule has 1 spiro atoms. The summed E-state index contributed by atoms with van der Waals surface area (Å²) in [4.78, 5) is 13.5. The molecule has 2 bridgehead atoms. The van der Waals surface area contributed by atoms with Crippen LogP contribution in [0.15, 0.2) is 0 Å². The highest BCUT2D eigenvalue weighted by molar-refractivity contribution is 7.81. The van der Waals surface area contributed by atoms with Gasteiger partial charge in [0.05, 0.1) is 18.1 Å². The average molecular weight is 633 g/mol. The zero-order valence-electron chi connectivity index (χ0n) is 25.7. The van der Waals surface area contributed by atoms with Gasteiger partial charge in [-0.1, -0.05) is 34.6 Å². The van der Waals surface area contributed by atoms with Crippen LogP contribution in [-0.2, 0) is 38.7 Å². The normalized spacial score (nSPS) is 53.8. The van der Waals surface area contributed by atoms with E-state index >= 15 is 0 Å². The topological polar surface area (TPSA) is 154 Å². The minimum absolute atomic E-state index is 0.00861. The average Bonchev–Trinajstić information content (AvgIpc) is 2.86. The molecule has 42 heavy (non-hydrogen) atoms. The first-order chi connectivity index (χ1) is 19.2. The van der Waals surface area contributed by atoms with E-state index in [4.69, 9.17) is 13.1 Å². The van der Waals surface area contributed by atoms with E-state index in [9.17, 15) is 30.7 Å². The van der Waals surface area contributed by atoms with Gasteiger partial charge in [0.15, 0.2) is 0 Å². The lowest BCUT2D eigenvalue weighted by molar-refractivity contribution is -0.290. The summed E-state index contributed by atoms with van der Waals surface area (Å²) in [5.41, 5.74) is -2.23. The van der Waals surface area contributed by atoms with Crippen molar-refractivity contribution in [2.75, 3.05) is 6.61 Å². The van der Waals surface area contributed by atoms with Crippen molar-refractivity contribution in [2.24, 2.45) is 56.7 Å². The summed E-state index contributed by atoms with van der Waals surface area (Å²) >= 11 is 0. The number of hydrogen-bond donors (Lipinski definition) is 2. The second-order valence-corrected chi connectivity index (χ2v) is 18.2. The maximum atomic E-state index is 13.5. The molecule has 12 atom stereocenters. The molecule has 5 saturated carbocycles.